The molecule has 1 aromatic carbocycles. The van der Waals surface area contributed by atoms with E-state index < -0.39 is 0 Å². The summed E-state index contributed by atoms with van der Waals surface area (Å²) in [7, 11) is 0. The van der Waals surface area contributed by atoms with Crippen LogP contribution in [0.5, 0.6) is 0 Å². The monoisotopic (exact) mass is 303 g/mol. The first-order valence-electron chi connectivity index (χ1n) is 6.91. The maximum absolute atomic E-state index is 9.01. The predicted octanol–water partition coefficient (Wildman–Crippen LogP) is 4.44. The van der Waals surface area contributed by atoms with Crippen LogP contribution in [0.3, 0.4) is 0 Å². The first kappa shape index (κ1) is 16.8. The molecule has 4 heteroatoms. The van der Waals surface area contributed by atoms with Gasteiger partial charge in [-0.3, -0.25) is 0 Å². The predicted molar refractivity (Wildman–Crippen MR) is 83.0 cm³/mol. The Hall–Kier alpha value is -0.280. The minimum absolute atomic E-state index is 0.254. The number of hydrogen-bond donors (Lipinski definition) is 2. The summed E-state index contributed by atoms with van der Waals surface area (Å²) >= 11 is 12.0. The Labute approximate surface area is 126 Å². The highest BCUT2D eigenvalue weighted by Crippen LogP contribution is 2.27. The van der Waals surface area contributed by atoms with Crippen molar-refractivity contribution in [3.63, 3.8) is 0 Å². The lowest BCUT2D eigenvalue weighted by Crippen LogP contribution is -2.27. The van der Waals surface area contributed by atoms with Crippen LogP contribution >= 0.6 is 23.2 Å². The zero-order chi connectivity index (χ0) is 14.3. The Bertz CT molecular complexity index is 384. The molecule has 108 valence electrons. The van der Waals surface area contributed by atoms with E-state index in [1.54, 1.807) is 0 Å². The quantitative estimate of drug-likeness (QED) is 0.744. The number of hydrogen-bond acceptors (Lipinski definition) is 2. The van der Waals surface area contributed by atoms with Crippen LogP contribution in [-0.4, -0.2) is 18.3 Å². The summed E-state index contributed by atoms with van der Waals surface area (Å²) in [6, 6.07) is 6.07. The fourth-order valence-corrected chi connectivity index (χ4v) is 2.48. The van der Waals surface area contributed by atoms with Crippen molar-refractivity contribution in [2.75, 3.05) is 13.2 Å². The molecule has 0 fully saturated rings. The number of benzene rings is 1. The van der Waals surface area contributed by atoms with E-state index in [1.165, 1.54) is 0 Å². The van der Waals surface area contributed by atoms with Crippen molar-refractivity contribution in [2.24, 2.45) is 5.92 Å². The average molecular weight is 304 g/mol. The molecule has 0 saturated carbocycles. The van der Waals surface area contributed by atoms with Gasteiger partial charge >= 0.3 is 0 Å². The molecule has 0 aromatic heterocycles. The molecule has 0 aliphatic carbocycles. The van der Waals surface area contributed by atoms with Gasteiger partial charge in [-0.1, -0.05) is 49.5 Å². The van der Waals surface area contributed by atoms with E-state index in [4.69, 9.17) is 28.3 Å². The molecule has 2 atom stereocenters. The van der Waals surface area contributed by atoms with Gasteiger partial charge in [-0.05, 0) is 43.0 Å². The first-order chi connectivity index (χ1) is 9.12. The Balaban J connectivity index is 2.64. The summed E-state index contributed by atoms with van der Waals surface area (Å²) in [6.45, 7) is 5.47. The second kappa shape index (κ2) is 8.80. The van der Waals surface area contributed by atoms with Gasteiger partial charge in [0.15, 0.2) is 0 Å². The summed E-state index contributed by atoms with van der Waals surface area (Å²) < 4.78 is 0. The number of nitrogens with one attached hydrogen (secondary N) is 1. The van der Waals surface area contributed by atoms with Gasteiger partial charge in [-0.15, -0.1) is 0 Å². The Morgan fingerprint density at radius 2 is 1.89 bits per heavy atom. The van der Waals surface area contributed by atoms with Gasteiger partial charge in [0.25, 0.3) is 0 Å². The lowest BCUT2D eigenvalue weighted by atomic mass is 10.00. The number of aliphatic hydroxyl groups excluding tert-OH is 1. The van der Waals surface area contributed by atoms with Crippen molar-refractivity contribution < 1.29 is 5.11 Å². The maximum atomic E-state index is 9.01. The largest absolute Gasteiger partial charge is 0.396 e. The number of aliphatic hydroxyl groups is 1. The Kier molecular flexibility index (Phi) is 7.77. The normalized spacial score (nSPS) is 14.4. The van der Waals surface area contributed by atoms with E-state index in [2.05, 4.69) is 19.2 Å². The first-order valence-corrected chi connectivity index (χ1v) is 7.67. The van der Waals surface area contributed by atoms with Crippen molar-refractivity contribution in [1.82, 2.24) is 5.32 Å². The lowest BCUT2D eigenvalue weighted by molar-refractivity contribution is 0.248. The topological polar surface area (TPSA) is 32.3 Å². The van der Waals surface area contributed by atoms with Crippen LogP contribution in [0.25, 0.3) is 0 Å². The third kappa shape index (κ3) is 5.31. The highest BCUT2D eigenvalue weighted by molar-refractivity contribution is 6.42. The van der Waals surface area contributed by atoms with Gasteiger partial charge in [0.1, 0.15) is 0 Å². The van der Waals surface area contributed by atoms with E-state index in [0.717, 1.165) is 31.4 Å². The van der Waals surface area contributed by atoms with E-state index in [1.807, 2.05) is 18.2 Å². The van der Waals surface area contributed by atoms with Crippen LogP contribution in [0.4, 0.5) is 0 Å². The summed E-state index contributed by atoms with van der Waals surface area (Å²) in [4.78, 5) is 0. The van der Waals surface area contributed by atoms with Crippen LogP contribution in [0.1, 0.15) is 44.7 Å². The van der Waals surface area contributed by atoms with Gasteiger partial charge in [0, 0.05) is 12.6 Å². The molecule has 0 amide bonds. The maximum Gasteiger partial charge on any atom is 0.0595 e. The fourth-order valence-electron chi connectivity index (χ4n) is 2.17. The molecule has 2 N–H and O–H groups in total. The van der Waals surface area contributed by atoms with Gasteiger partial charge < -0.3 is 10.4 Å². The fraction of sp³-hybridized carbons (Fsp3) is 0.600. The molecule has 0 radical (unpaired) electrons. The minimum Gasteiger partial charge on any atom is -0.396 e. The molecule has 0 heterocycles. The summed E-state index contributed by atoms with van der Waals surface area (Å²) in [5, 5.41) is 13.8. The van der Waals surface area contributed by atoms with Crippen LogP contribution < -0.4 is 5.32 Å². The molecule has 2 nitrogen and oxygen atoms in total. The molecule has 0 saturated heterocycles. The van der Waals surface area contributed by atoms with Crippen molar-refractivity contribution in [2.45, 2.75) is 39.2 Å². The van der Waals surface area contributed by atoms with Crippen LogP contribution in [0, 0.1) is 5.92 Å². The van der Waals surface area contributed by atoms with Crippen LogP contribution in [0.15, 0.2) is 18.2 Å². The van der Waals surface area contributed by atoms with E-state index in [-0.39, 0.29) is 12.6 Å². The number of halogens is 2. The van der Waals surface area contributed by atoms with Crippen molar-refractivity contribution >= 4 is 23.2 Å². The number of rotatable bonds is 8. The van der Waals surface area contributed by atoms with Gasteiger partial charge in [0.2, 0.25) is 0 Å². The van der Waals surface area contributed by atoms with Crippen molar-refractivity contribution in [3.8, 4) is 0 Å². The third-order valence-electron chi connectivity index (χ3n) is 3.52. The second-order valence-corrected chi connectivity index (χ2v) is 5.64. The van der Waals surface area contributed by atoms with Crippen molar-refractivity contribution in [1.29, 1.82) is 0 Å². The molecule has 2 unspecified atom stereocenters. The van der Waals surface area contributed by atoms with Crippen LogP contribution in [-0.2, 0) is 0 Å². The third-order valence-corrected chi connectivity index (χ3v) is 4.26. The SMILES string of the molecule is CCC(CCO)CNC(CC)c1ccc(Cl)c(Cl)c1. The molecule has 1 rings (SSSR count). The van der Waals surface area contributed by atoms with E-state index >= 15 is 0 Å². The smallest absolute Gasteiger partial charge is 0.0595 e. The van der Waals surface area contributed by atoms with Crippen molar-refractivity contribution in [3.05, 3.63) is 33.8 Å². The molecular formula is C15H23Cl2NO. The molecule has 19 heavy (non-hydrogen) atoms. The van der Waals surface area contributed by atoms with E-state index in [0.29, 0.717) is 16.0 Å². The summed E-state index contributed by atoms with van der Waals surface area (Å²) in [6.07, 6.45) is 2.92. The van der Waals surface area contributed by atoms with E-state index in [9.17, 15) is 0 Å². The molecule has 1 aromatic rings. The lowest BCUT2D eigenvalue weighted by Gasteiger charge is -2.22. The molecule has 0 spiro atoms. The highest BCUT2D eigenvalue weighted by atomic mass is 35.5. The molecule has 0 bridgehead atoms. The average Bonchev–Trinajstić information content (AvgIpc) is 2.42. The molecule has 0 aliphatic heterocycles. The second-order valence-electron chi connectivity index (χ2n) is 4.83. The summed E-state index contributed by atoms with van der Waals surface area (Å²) in [5.41, 5.74) is 1.16. The molecular weight excluding hydrogens is 281 g/mol. The minimum atomic E-state index is 0.254. The Morgan fingerprint density at radius 3 is 2.42 bits per heavy atom. The highest BCUT2D eigenvalue weighted by Gasteiger charge is 2.13. The van der Waals surface area contributed by atoms with Crippen LogP contribution in [0.2, 0.25) is 10.0 Å². The zero-order valence-corrected chi connectivity index (χ0v) is 13.1. The van der Waals surface area contributed by atoms with Gasteiger partial charge in [0.05, 0.1) is 10.0 Å². The standard InChI is InChI=1S/C15H23Cl2NO/c1-3-11(7-8-19)10-18-15(4-2)12-5-6-13(16)14(17)9-12/h5-6,9,11,15,18-19H,3-4,7-8,10H2,1-2H3. The van der Waals surface area contributed by atoms with Gasteiger partial charge in [-0.2, -0.15) is 0 Å². The molecule has 0 aliphatic rings. The summed E-state index contributed by atoms with van der Waals surface area (Å²) in [5.74, 6) is 0.516. The van der Waals surface area contributed by atoms with Gasteiger partial charge in [-0.25, -0.2) is 0 Å². The Morgan fingerprint density at radius 1 is 1.16 bits per heavy atom. The zero-order valence-electron chi connectivity index (χ0n) is 11.6.